The van der Waals surface area contributed by atoms with Crippen molar-refractivity contribution in [3.05, 3.63) is 35.1 Å². The number of rotatable bonds is 4. The molecular weight excluding hydrogens is 221 g/mol. The zero-order valence-corrected chi connectivity index (χ0v) is 9.83. The van der Waals surface area contributed by atoms with Crippen LogP contribution in [0, 0.1) is 17.1 Å². The molecule has 0 saturated carbocycles. The molecule has 1 N–H and O–H groups in total. The van der Waals surface area contributed by atoms with E-state index >= 15 is 0 Å². The fourth-order valence-electron chi connectivity index (χ4n) is 1.50. The molecule has 17 heavy (non-hydrogen) atoms. The molecule has 90 valence electrons. The molecule has 0 saturated heterocycles. The second kappa shape index (κ2) is 5.97. The number of amides is 1. The van der Waals surface area contributed by atoms with Gasteiger partial charge < -0.3 is 5.32 Å². The maximum absolute atomic E-state index is 13.1. The highest BCUT2D eigenvalue weighted by Crippen LogP contribution is 2.10. The number of hydrogen-bond acceptors (Lipinski definition) is 3. The van der Waals surface area contributed by atoms with Crippen LogP contribution in [0.15, 0.2) is 18.2 Å². The van der Waals surface area contributed by atoms with Crippen molar-refractivity contribution in [3.8, 4) is 6.07 Å². The Balaban J connectivity index is 2.71. The summed E-state index contributed by atoms with van der Waals surface area (Å²) in [6.07, 6.45) is 0. The number of nitriles is 1. The predicted molar refractivity (Wildman–Crippen MR) is 61.5 cm³/mol. The first-order chi connectivity index (χ1) is 8.05. The van der Waals surface area contributed by atoms with E-state index in [4.69, 9.17) is 5.26 Å². The van der Waals surface area contributed by atoms with E-state index in [1.165, 1.54) is 12.1 Å². The molecule has 4 nitrogen and oxygen atoms in total. The van der Waals surface area contributed by atoms with Crippen LogP contribution >= 0.6 is 0 Å². The Morgan fingerprint density at radius 3 is 2.82 bits per heavy atom. The van der Waals surface area contributed by atoms with Gasteiger partial charge in [0.2, 0.25) is 5.91 Å². The van der Waals surface area contributed by atoms with Crippen molar-refractivity contribution in [3.63, 3.8) is 0 Å². The fraction of sp³-hybridized carbons (Fsp3) is 0.333. The average molecular weight is 235 g/mol. The van der Waals surface area contributed by atoms with Crippen molar-refractivity contribution < 1.29 is 9.18 Å². The SMILES string of the molecule is CNC(=O)CN(C)Cc1cc(F)cc(C#N)c1. The van der Waals surface area contributed by atoms with Crippen LogP contribution in [-0.2, 0) is 11.3 Å². The van der Waals surface area contributed by atoms with Gasteiger partial charge in [0.1, 0.15) is 5.82 Å². The van der Waals surface area contributed by atoms with E-state index in [2.05, 4.69) is 5.32 Å². The van der Waals surface area contributed by atoms with Gasteiger partial charge in [0, 0.05) is 13.6 Å². The van der Waals surface area contributed by atoms with E-state index in [0.29, 0.717) is 12.1 Å². The molecule has 0 spiro atoms. The maximum Gasteiger partial charge on any atom is 0.233 e. The second-order valence-corrected chi connectivity index (χ2v) is 3.81. The normalized spacial score (nSPS) is 10.1. The molecule has 0 bridgehead atoms. The van der Waals surface area contributed by atoms with E-state index in [9.17, 15) is 9.18 Å². The maximum atomic E-state index is 13.1. The Bertz CT molecular complexity index is 454. The Kier molecular flexibility index (Phi) is 4.61. The molecule has 0 aromatic heterocycles. The quantitative estimate of drug-likeness (QED) is 0.842. The van der Waals surface area contributed by atoms with Gasteiger partial charge in [0.05, 0.1) is 18.2 Å². The Labute approximate surface area is 99.7 Å². The van der Waals surface area contributed by atoms with Crippen molar-refractivity contribution in [2.75, 3.05) is 20.6 Å². The molecule has 0 radical (unpaired) electrons. The summed E-state index contributed by atoms with van der Waals surface area (Å²) in [7, 11) is 3.32. The van der Waals surface area contributed by atoms with Crippen LogP contribution in [0.5, 0.6) is 0 Å². The van der Waals surface area contributed by atoms with Gasteiger partial charge in [-0.25, -0.2) is 4.39 Å². The fourth-order valence-corrected chi connectivity index (χ4v) is 1.50. The number of halogens is 1. The lowest BCUT2D eigenvalue weighted by Crippen LogP contribution is -2.32. The van der Waals surface area contributed by atoms with Crippen LogP contribution in [0.4, 0.5) is 4.39 Å². The van der Waals surface area contributed by atoms with E-state index in [1.807, 2.05) is 6.07 Å². The summed E-state index contributed by atoms with van der Waals surface area (Å²) in [6, 6.07) is 6.06. The summed E-state index contributed by atoms with van der Waals surface area (Å²) in [5, 5.41) is 11.2. The van der Waals surface area contributed by atoms with Gasteiger partial charge in [-0.15, -0.1) is 0 Å². The van der Waals surface area contributed by atoms with Crippen molar-refractivity contribution in [2.45, 2.75) is 6.54 Å². The number of likely N-dealkylation sites (N-methyl/N-ethyl adjacent to an activating group) is 2. The van der Waals surface area contributed by atoms with E-state index in [0.717, 1.165) is 0 Å². The molecule has 0 unspecified atom stereocenters. The lowest BCUT2D eigenvalue weighted by atomic mass is 10.1. The van der Waals surface area contributed by atoms with Crippen LogP contribution in [0.1, 0.15) is 11.1 Å². The molecule has 0 aliphatic rings. The van der Waals surface area contributed by atoms with Gasteiger partial charge in [0.15, 0.2) is 0 Å². The zero-order valence-electron chi connectivity index (χ0n) is 9.83. The van der Waals surface area contributed by atoms with E-state index in [1.54, 1.807) is 25.1 Å². The van der Waals surface area contributed by atoms with E-state index < -0.39 is 5.82 Å². The highest BCUT2D eigenvalue weighted by molar-refractivity contribution is 5.77. The lowest BCUT2D eigenvalue weighted by Gasteiger charge is -2.15. The molecule has 0 aliphatic heterocycles. The molecule has 0 fully saturated rings. The summed E-state index contributed by atoms with van der Waals surface area (Å²) >= 11 is 0. The Hall–Kier alpha value is -1.93. The van der Waals surface area contributed by atoms with Gasteiger partial charge in [0.25, 0.3) is 0 Å². The van der Waals surface area contributed by atoms with Crippen molar-refractivity contribution in [2.24, 2.45) is 0 Å². The largest absolute Gasteiger partial charge is 0.358 e. The standard InChI is InChI=1S/C12H14FN3O/c1-15-12(17)8-16(2)7-10-3-9(6-14)4-11(13)5-10/h3-5H,7-8H2,1-2H3,(H,15,17). The first-order valence-electron chi connectivity index (χ1n) is 5.14. The van der Waals surface area contributed by atoms with Crippen molar-refractivity contribution in [1.29, 1.82) is 5.26 Å². The minimum atomic E-state index is -0.438. The van der Waals surface area contributed by atoms with Crippen LogP contribution in [-0.4, -0.2) is 31.4 Å². The van der Waals surface area contributed by atoms with Crippen LogP contribution in [0.2, 0.25) is 0 Å². The van der Waals surface area contributed by atoms with Crippen LogP contribution in [0.25, 0.3) is 0 Å². The summed E-state index contributed by atoms with van der Waals surface area (Å²) in [5.74, 6) is -0.545. The van der Waals surface area contributed by atoms with E-state index in [-0.39, 0.29) is 18.0 Å². The topological polar surface area (TPSA) is 56.1 Å². The highest BCUT2D eigenvalue weighted by atomic mass is 19.1. The highest BCUT2D eigenvalue weighted by Gasteiger charge is 2.07. The van der Waals surface area contributed by atoms with Crippen molar-refractivity contribution >= 4 is 5.91 Å². The molecule has 5 heteroatoms. The van der Waals surface area contributed by atoms with Gasteiger partial charge >= 0.3 is 0 Å². The summed E-state index contributed by atoms with van der Waals surface area (Å²) in [5.41, 5.74) is 0.960. The molecule has 1 aromatic rings. The lowest BCUT2D eigenvalue weighted by molar-refractivity contribution is -0.121. The number of benzene rings is 1. The minimum Gasteiger partial charge on any atom is -0.358 e. The Morgan fingerprint density at radius 2 is 2.24 bits per heavy atom. The number of hydrogen-bond donors (Lipinski definition) is 1. The summed E-state index contributed by atoms with van der Waals surface area (Å²) in [4.78, 5) is 12.9. The molecule has 0 heterocycles. The third-order valence-corrected chi connectivity index (χ3v) is 2.23. The zero-order chi connectivity index (χ0) is 12.8. The predicted octanol–water partition coefficient (Wildman–Crippen LogP) is 0.875. The van der Waals surface area contributed by atoms with Crippen LogP contribution in [0.3, 0.4) is 0 Å². The molecular formula is C12H14FN3O. The number of nitrogens with one attached hydrogen (secondary N) is 1. The second-order valence-electron chi connectivity index (χ2n) is 3.81. The van der Waals surface area contributed by atoms with Gasteiger partial charge in [-0.05, 0) is 30.8 Å². The van der Waals surface area contributed by atoms with Gasteiger partial charge in [-0.3, -0.25) is 9.69 Å². The first kappa shape index (κ1) is 13.1. The summed E-state index contributed by atoms with van der Waals surface area (Å²) < 4.78 is 13.1. The number of carbonyl (C=O) groups is 1. The van der Waals surface area contributed by atoms with Crippen LogP contribution < -0.4 is 5.32 Å². The Morgan fingerprint density at radius 1 is 1.53 bits per heavy atom. The summed E-state index contributed by atoms with van der Waals surface area (Å²) in [6.45, 7) is 0.648. The molecule has 1 aromatic carbocycles. The third-order valence-electron chi connectivity index (χ3n) is 2.23. The number of nitrogens with zero attached hydrogens (tertiary/aromatic N) is 2. The third kappa shape index (κ3) is 4.21. The van der Waals surface area contributed by atoms with Gasteiger partial charge in [-0.2, -0.15) is 5.26 Å². The monoisotopic (exact) mass is 235 g/mol. The molecule has 0 atom stereocenters. The smallest absolute Gasteiger partial charge is 0.233 e. The minimum absolute atomic E-state index is 0.107. The van der Waals surface area contributed by atoms with Crippen molar-refractivity contribution in [1.82, 2.24) is 10.2 Å². The van der Waals surface area contributed by atoms with Gasteiger partial charge in [-0.1, -0.05) is 0 Å². The molecule has 0 aliphatic carbocycles. The molecule has 1 amide bonds. The first-order valence-corrected chi connectivity index (χ1v) is 5.14. The molecule has 1 rings (SSSR count). The average Bonchev–Trinajstić information content (AvgIpc) is 2.27. The number of carbonyl (C=O) groups excluding carboxylic acids is 1.